The lowest BCUT2D eigenvalue weighted by molar-refractivity contribution is 0.145. The van der Waals surface area contributed by atoms with Crippen molar-refractivity contribution in [3.63, 3.8) is 0 Å². The second kappa shape index (κ2) is 6.76. The van der Waals surface area contributed by atoms with Crippen molar-refractivity contribution in [3.05, 3.63) is 34.9 Å². The third kappa shape index (κ3) is 3.52. The zero-order valence-corrected chi connectivity index (χ0v) is 13.0. The molecule has 106 valence electrons. The first-order chi connectivity index (χ1) is 9.17. The van der Waals surface area contributed by atoms with E-state index in [1.807, 2.05) is 12.1 Å². The first-order valence-electron chi connectivity index (χ1n) is 7.65. The van der Waals surface area contributed by atoms with E-state index in [2.05, 4.69) is 31.3 Å². The average molecular weight is 280 g/mol. The lowest BCUT2D eigenvalue weighted by Crippen LogP contribution is -2.38. The maximum absolute atomic E-state index is 6.44. The molecule has 1 unspecified atom stereocenters. The van der Waals surface area contributed by atoms with Gasteiger partial charge in [0.25, 0.3) is 0 Å². The van der Waals surface area contributed by atoms with Gasteiger partial charge in [-0.2, -0.15) is 0 Å². The molecule has 2 rings (SSSR count). The Hall–Kier alpha value is -0.530. The summed E-state index contributed by atoms with van der Waals surface area (Å²) in [6.45, 7) is 5.72. The molecule has 2 heteroatoms. The molecule has 0 heterocycles. The van der Waals surface area contributed by atoms with Crippen molar-refractivity contribution in [3.8, 4) is 0 Å². The molecule has 0 saturated heterocycles. The van der Waals surface area contributed by atoms with Gasteiger partial charge in [0.1, 0.15) is 0 Å². The van der Waals surface area contributed by atoms with Gasteiger partial charge in [0.15, 0.2) is 0 Å². The number of benzene rings is 1. The van der Waals surface area contributed by atoms with Crippen LogP contribution in [0.5, 0.6) is 0 Å². The van der Waals surface area contributed by atoms with E-state index in [9.17, 15) is 0 Å². The third-order valence-corrected chi connectivity index (χ3v) is 4.85. The van der Waals surface area contributed by atoms with E-state index >= 15 is 0 Å². The predicted octanol–water partition coefficient (Wildman–Crippen LogP) is 5.35. The van der Waals surface area contributed by atoms with Crippen LogP contribution in [0.1, 0.15) is 64.0 Å². The van der Waals surface area contributed by atoms with Gasteiger partial charge in [0.2, 0.25) is 0 Å². The van der Waals surface area contributed by atoms with Crippen LogP contribution in [0.2, 0.25) is 5.02 Å². The van der Waals surface area contributed by atoms with Gasteiger partial charge in [0.05, 0.1) is 0 Å². The molecular formula is C17H26ClN. The van der Waals surface area contributed by atoms with Crippen LogP contribution in [-0.4, -0.2) is 6.54 Å². The largest absolute Gasteiger partial charge is 0.309 e. The van der Waals surface area contributed by atoms with Crippen LogP contribution in [0, 0.1) is 5.41 Å². The van der Waals surface area contributed by atoms with Crippen molar-refractivity contribution >= 4 is 11.6 Å². The van der Waals surface area contributed by atoms with Gasteiger partial charge in [-0.25, -0.2) is 0 Å². The molecule has 19 heavy (non-hydrogen) atoms. The Morgan fingerprint density at radius 2 is 1.89 bits per heavy atom. The lowest BCUT2D eigenvalue weighted by atomic mass is 9.68. The van der Waals surface area contributed by atoms with Crippen molar-refractivity contribution in [1.29, 1.82) is 0 Å². The fraction of sp³-hybridized carbons (Fsp3) is 0.647. The molecule has 1 nitrogen and oxygen atoms in total. The second-order valence-corrected chi connectivity index (χ2v) is 6.53. The first kappa shape index (κ1) is 14.9. The summed E-state index contributed by atoms with van der Waals surface area (Å²) in [6, 6.07) is 8.72. The van der Waals surface area contributed by atoms with Crippen molar-refractivity contribution in [2.75, 3.05) is 6.54 Å². The normalized spacial score (nSPS) is 20.2. The van der Waals surface area contributed by atoms with E-state index in [0.717, 1.165) is 18.0 Å². The van der Waals surface area contributed by atoms with Gasteiger partial charge in [-0.05, 0) is 42.9 Å². The van der Waals surface area contributed by atoms with E-state index in [1.54, 1.807) is 0 Å². The second-order valence-electron chi connectivity index (χ2n) is 6.12. The highest BCUT2D eigenvalue weighted by Crippen LogP contribution is 2.46. The molecule has 1 saturated carbocycles. The highest BCUT2D eigenvalue weighted by Gasteiger charge is 2.36. The van der Waals surface area contributed by atoms with Gasteiger partial charge in [-0.3, -0.25) is 0 Å². The lowest BCUT2D eigenvalue weighted by Gasteiger charge is -2.42. The minimum atomic E-state index is 0.346. The van der Waals surface area contributed by atoms with Crippen LogP contribution >= 0.6 is 11.6 Å². The predicted molar refractivity (Wildman–Crippen MR) is 83.7 cm³/mol. The van der Waals surface area contributed by atoms with Crippen LogP contribution in [0.4, 0.5) is 0 Å². The zero-order chi connectivity index (χ0) is 13.7. The molecule has 0 spiro atoms. The van der Waals surface area contributed by atoms with Gasteiger partial charge >= 0.3 is 0 Å². The number of hydrogen-bond donors (Lipinski definition) is 1. The smallest absolute Gasteiger partial charge is 0.0454 e. The quantitative estimate of drug-likeness (QED) is 0.766. The van der Waals surface area contributed by atoms with Crippen LogP contribution in [-0.2, 0) is 0 Å². The molecule has 0 aromatic heterocycles. The van der Waals surface area contributed by atoms with E-state index in [4.69, 9.17) is 11.6 Å². The molecule has 1 N–H and O–H groups in total. The Morgan fingerprint density at radius 3 is 2.53 bits per heavy atom. The number of rotatable bonds is 5. The molecule has 0 radical (unpaired) electrons. The minimum absolute atomic E-state index is 0.346. The Balaban J connectivity index is 2.27. The highest BCUT2D eigenvalue weighted by atomic mass is 35.5. The molecular weight excluding hydrogens is 254 g/mol. The maximum atomic E-state index is 6.44. The first-order valence-corrected chi connectivity index (χ1v) is 8.03. The van der Waals surface area contributed by atoms with Crippen LogP contribution < -0.4 is 5.32 Å². The fourth-order valence-corrected chi connectivity index (χ4v) is 3.62. The SMILES string of the molecule is CCCNC(c1ccccc1Cl)C1(C)CCCCC1. The van der Waals surface area contributed by atoms with Gasteiger partial charge in [0, 0.05) is 11.1 Å². The van der Waals surface area contributed by atoms with Crippen molar-refractivity contribution in [2.24, 2.45) is 5.41 Å². The topological polar surface area (TPSA) is 12.0 Å². The molecule has 1 aliphatic rings. The molecule has 1 aromatic rings. The monoisotopic (exact) mass is 279 g/mol. The standard InChI is InChI=1S/C17H26ClN/c1-3-13-19-16(14-9-5-6-10-15(14)18)17(2)11-7-4-8-12-17/h5-6,9-10,16,19H,3-4,7-8,11-13H2,1-2H3. The van der Waals surface area contributed by atoms with Crippen LogP contribution in [0.3, 0.4) is 0 Å². The molecule has 1 aliphatic carbocycles. The summed E-state index contributed by atoms with van der Waals surface area (Å²) in [5.74, 6) is 0. The summed E-state index contributed by atoms with van der Waals surface area (Å²) < 4.78 is 0. The average Bonchev–Trinajstić information content (AvgIpc) is 2.42. The highest BCUT2D eigenvalue weighted by molar-refractivity contribution is 6.31. The number of hydrogen-bond acceptors (Lipinski definition) is 1. The van der Waals surface area contributed by atoms with E-state index < -0.39 is 0 Å². The molecule has 1 fully saturated rings. The van der Waals surface area contributed by atoms with E-state index in [-0.39, 0.29) is 0 Å². The summed E-state index contributed by atoms with van der Waals surface area (Å²) in [6.07, 6.45) is 7.87. The Labute approximate surface area is 122 Å². The Kier molecular flexibility index (Phi) is 5.29. The third-order valence-electron chi connectivity index (χ3n) is 4.51. The summed E-state index contributed by atoms with van der Waals surface area (Å²) in [5.41, 5.74) is 1.63. The molecule has 1 atom stereocenters. The molecule has 0 aliphatic heterocycles. The van der Waals surface area contributed by atoms with Crippen molar-refractivity contribution in [2.45, 2.75) is 58.4 Å². The van der Waals surface area contributed by atoms with Crippen molar-refractivity contribution in [1.82, 2.24) is 5.32 Å². The summed E-state index contributed by atoms with van der Waals surface area (Å²) in [7, 11) is 0. The zero-order valence-electron chi connectivity index (χ0n) is 12.2. The van der Waals surface area contributed by atoms with Crippen LogP contribution in [0.25, 0.3) is 0 Å². The Bertz CT molecular complexity index is 396. The number of halogens is 1. The summed E-state index contributed by atoms with van der Waals surface area (Å²) in [4.78, 5) is 0. The van der Waals surface area contributed by atoms with Gasteiger partial charge in [-0.15, -0.1) is 0 Å². The van der Waals surface area contributed by atoms with Gasteiger partial charge in [-0.1, -0.05) is 62.9 Å². The van der Waals surface area contributed by atoms with E-state index in [0.29, 0.717) is 11.5 Å². The van der Waals surface area contributed by atoms with E-state index in [1.165, 1.54) is 37.7 Å². The fourth-order valence-electron chi connectivity index (χ4n) is 3.38. The molecule has 1 aromatic carbocycles. The maximum Gasteiger partial charge on any atom is 0.0454 e. The summed E-state index contributed by atoms with van der Waals surface area (Å²) in [5, 5.41) is 4.66. The molecule has 0 amide bonds. The molecule has 0 bridgehead atoms. The minimum Gasteiger partial charge on any atom is -0.309 e. The summed E-state index contributed by atoms with van der Waals surface area (Å²) >= 11 is 6.44. The number of nitrogens with one attached hydrogen (secondary N) is 1. The van der Waals surface area contributed by atoms with Crippen molar-refractivity contribution < 1.29 is 0 Å². The van der Waals surface area contributed by atoms with Crippen LogP contribution in [0.15, 0.2) is 24.3 Å². The van der Waals surface area contributed by atoms with Gasteiger partial charge < -0.3 is 5.32 Å². The Morgan fingerprint density at radius 1 is 1.21 bits per heavy atom.